The fourth-order valence-corrected chi connectivity index (χ4v) is 9.02. The van der Waals surface area contributed by atoms with Gasteiger partial charge in [-0.1, -0.05) is 33.6 Å². The lowest BCUT2D eigenvalue weighted by molar-refractivity contribution is -0.129. The molecule has 0 radical (unpaired) electrons. The van der Waals surface area contributed by atoms with Gasteiger partial charge in [-0.05, 0) is 117 Å². The summed E-state index contributed by atoms with van der Waals surface area (Å²) in [4.78, 5) is 0. The minimum atomic E-state index is -0.0151. The first-order valence-electron chi connectivity index (χ1n) is 12.3. The molecule has 4 aliphatic rings. The minimum Gasteiger partial charge on any atom is -0.393 e. The SMILES string of the molecule is C[C@H](CCCCN)[C@H]1CC[C@H]2[C@@H]3CC[C@@H]4C[C@H](O)CC[C@]4(C)[C@H]3CC[C@]12C. The zero-order valence-electron chi connectivity index (χ0n) is 18.3. The number of hydrogen-bond acceptors (Lipinski definition) is 2. The summed E-state index contributed by atoms with van der Waals surface area (Å²) >= 11 is 0. The van der Waals surface area contributed by atoms with Crippen molar-refractivity contribution < 1.29 is 5.11 Å². The molecular formula is C25H45NO. The summed E-state index contributed by atoms with van der Waals surface area (Å²) < 4.78 is 0. The molecule has 4 aliphatic carbocycles. The second kappa shape index (κ2) is 7.63. The normalized spacial score (nSPS) is 50.6. The van der Waals surface area contributed by atoms with Crippen LogP contribution in [0, 0.1) is 46.3 Å². The Morgan fingerprint density at radius 3 is 2.44 bits per heavy atom. The summed E-state index contributed by atoms with van der Waals surface area (Å²) in [5.41, 5.74) is 6.85. The predicted octanol–water partition coefficient (Wildman–Crippen LogP) is 5.77. The van der Waals surface area contributed by atoms with Crippen LogP contribution in [0.25, 0.3) is 0 Å². The quantitative estimate of drug-likeness (QED) is 0.599. The van der Waals surface area contributed by atoms with Gasteiger partial charge < -0.3 is 10.8 Å². The fourth-order valence-electron chi connectivity index (χ4n) is 9.02. The van der Waals surface area contributed by atoms with Gasteiger partial charge in [-0.3, -0.25) is 0 Å². The van der Waals surface area contributed by atoms with Crippen LogP contribution in [0.1, 0.15) is 97.8 Å². The standard InChI is InChI=1S/C25H45NO/c1-17(6-4-5-15-26)21-9-10-22-20-8-7-18-16-19(27)11-13-24(18,2)23(20)12-14-25(21,22)3/h17-23,27H,4-16,26H2,1-3H3/t17-,18-,19-,20+,21-,22+,23+,24+,25-/m1/s1. The topological polar surface area (TPSA) is 46.2 Å². The number of aliphatic hydroxyl groups excluding tert-OH is 1. The third kappa shape index (κ3) is 3.31. The molecular weight excluding hydrogens is 330 g/mol. The van der Waals surface area contributed by atoms with Gasteiger partial charge in [0.05, 0.1) is 6.10 Å². The van der Waals surface area contributed by atoms with E-state index in [1.54, 1.807) is 0 Å². The summed E-state index contributed by atoms with van der Waals surface area (Å²) in [6.07, 6.45) is 16.1. The Hall–Kier alpha value is -0.0800. The number of unbranched alkanes of at least 4 members (excludes halogenated alkanes) is 1. The van der Waals surface area contributed by atoms with E-state index < -0.39 is 0 Å². The lowest BCUT2D eigenvalue weighted by Gasteiger charge is -2.61. The lowest BCUT2D eigenvalue weighted by Crippen LogP contribution is -2.54. The van der Waals surface area contributed by atoms with Crippen molar-refractivity contribution in [2.45, 2.75) is 104 Å². The van der Waals surface area contributed by atoms with E-state index >= 15 is 0 Å². The zero-order valence-corrected chi connectivity index (χ0v) is 18.3. The highest BCUT2D eigenvalue weighted by Crippen LogP contribution is 2.68. The Bertz CT molecular complexity index is 520. The maximum absolute atomic E-state index is 10.2. The minimum absolute atomic E-state index is 0.0151. The molecule has 156 valence electrons. The van der Waals surface area contributed by atoms with Gasteiger partial charge in [-0.2, -0.15) is 0 Å². The van der Waals surface area contributed by atoms with Crippen molar-refractivity contribution in [2.75, 3.05) is 6.54 Å². The number of nitrogens with two attached hydrogens (primary N) is 1. The van der Waals surface area contributed by atoms with Crippen LogP contribution in [0.5, 0.6) is 0 Å². The van der Waals surface area contributed by atoms with E-state index in [1.165, 1.54) is 64.2 Å². The highest BCUT2D eigenvalue weighted by atomic mass is 16.3. The Balaban J connectivity index is 1.49. The van der Waals surface area contributed by atoms with Crippen LogP contribution in [-0.4, -0.2) is 17.8 Å². The molecule has 0 unspecified atom stereocenters. The van der Waals surface area contributed by atoms with Gasteiger partial charge in [0.2, 0.25) is 0 Å². The monoisotopic (exact) mass is 375 g/mol. The summed E-state index contributed by atoms with van der Waals surface area (Å²) in [7, 11) is 0. The molecule has 2 nitrogen and oxygen atoms in total. The molecule has 4 rings (SSSR count). The second-order valence-electron chi connectivity index (χ2n) is 11.6. The molecule has 3 N–H and O–H groups in total. The Morgan fingerprint density at radius 2 is 1.67 bits per heavy atom. The van der Waals surface area contributed by atoms with E-state index in [2.05, 4.69) is 20.8 Å². The molecule has 0 aliphatic heterocycles. The number of fused-ring (bicyclic) bond motifs is 5. The largest absolute Gasteiger partial charge is 0.393 e. The predicted molar refractivity (Wildman–Crippen MR) is 113 cm³/mol. The molecule has 0 aromatic rings. The van der Waals surface area contributed by atoms with E-state index in [9.17, 15) is 5.11 Å². The van der Waals surface area contributed by atoms with Crippen LogP contribution in [0.3, 0.4) is 0 Å². The van der Waals surface area contributed by atoms with Crippen LogP contribution >= 0.6 is 0 Å². The van der Waals surface area contributed by atoms with Crippen LogP contribution in [0.15, 0.2) is 0 Å². The molecule has 0 aromatic carbocycles. The molecule has 27 heavy (non-hydrogen) atoms. The van der Waals surface area contributed by atoms with Crippen LogP contribution in [0.2, 0.25) is 0 Å². The highest BCUT2D eigenvalue weighted by molar-refractivity contribution is 5.09. The molecule has 0 bridgehead atoms. The molecule has 9 atom stereocenters. The third-order valence-corrected chi connectivity index (χ3v) is 10.5. The molecule has 0 spiro atoms. The molecule has 4 fully saturated rings. The van der Waals surface area contributed by atoms with Crippen molar-refractivity contribution in [1.82, 2.24) is 0 Å². The van der Waals surface area contributed by atoms with Crippen molar-refractivity contribution in [2.24, 2.45) is 52.1 Å². The van der Waals surface area contributed by atoms with Gasteiger partial charge in [0, 0.05) is 0 Å². The van der Waals surface area contributed by atoms with Crippen molar-refractivity contribution >= 4 is 0 Å². The zero-order chi connectivity index (χ0) is 19.2. The lowest BCUT2D eigenvalue weighted by atomic mass is 9.44. The second-order valence-corrected chi connectivity index (χ2v) is 11.6. The van der Waals surface area contributed by atoms with Gasteiger partial charge in [0.25, 0.3) is 0 Å². The Kier molecular flexibility index (Phi) is 5.71. The van der Waals surface area contributed by atoms with Crippen molar-refractivity contribution in [3.05, 3.63) is 0 Å². The average Bonchev–Trinajstić information content (AvgIpc) is 3.00. The number of hydrogen-bond donors (Lipinski definition) is 2. The molecule has 0 saturated heterocycles. The molecule has 0 heterocycles. The Morgan fingerprint density at radius 1 is 0.926 bits per heavy atom. The van der Waals surface area contributed by atoms with Crippen LogP contribution in [0.4, 0.5) is 0 Å². The van der Waals surface area contributed by atoms with E-state index in [4.69, 9.17) is 5.73 Å². The summed E-state index contributed by atoms with van der Waals surface area (Å²) in [6.45, 7) is 8.70. The summed E-state index contributed by atoms with van der Waals surface area (Å²) in [5.74, 6) is 5.50. The van der Waals surface area contributed by atoms with Crippen molar-refractivity contribution in [3.63, 3.8) is 0 Å². The average molecular weight is 376 g/mol. The summed E-state index contributed by atoms with van der Waals surface area (Å²) in [6, 6.07) is 0. The van der Waals surface area contributed by atoms with Gasteiger partial charge >= 0.3 is 0 Å². The molecule has 0 amide bonds. The first-order valence-corrected chi connectivity index (χ1v) is 12.3. The van der Waals surface area contributed by atoms with Crippen molar-refractivity contribution in [3.8, 4) is 0 Å². The van der Waals surface area contributed by atoms with Crippen LogP contribution < -0.4 is 5.73 Å². The van der Waals surface area contributed by atoms with Crippen molar-refractivity contribution in [1.29, 1.82) is 0 Å². The highest BCUT2D eigenvalue weighted by Gasteiger charge is 2.60. The van der Waals surface area contributed by atoms with E-state index in [0.717, 1.165) is 54.9 Å². The first-order chi connectivity index (χ1) is 12.9. The van der Waals surface area contributed by atoms with Gasteiger partial charge in [0.15, 0.2) is 0 Å². The van der Waals surface area contributed by atoms with Crippen LogP contribution in [-0.2, 0) is 0 Å². The fraction of sp³-hybridized carbons (Fsp3) is 1.00. The first kappa shape index (κ1) is 20.2. The molecule has 2 heteroatoms. The Labute approximate surface area is 168 Å². The smallest absolute Gasteiger partial charge is 0.0543 e. The molecule has 4 saturated carbocycles. The number of rotatable bonds is 5. The van der Waals surface area contributed by atoms with Gasteiger partial charge in [0.1, 0.15) is 0 Å². The summed E-state index contributed by atoms with van der Waals surface area (Å²) in [5, 5.41) is 10.2. The third-order valence-electron chi connectivity index (χ3n) is 10.5. The molecule has 0 aromatic heterocycles. The van der Waals surface area contributed by atoms with E-state index in [0.29, 0.717) is 10.8 Å². The van der Waals surface area contributed by atoms with E-state index in [1.807, 2.05) is 0 Å². The van der Waals surface area contributed by atoms with E-state index in [-0.39, 0.29) is 6.10 Å². The van der Waals surface area contributed by atoms with Gasteiger partial charge in [-0.25, -0.2) is 0 Å². The maximum atomic E-state index is 10.2. The van der Waals surface area contributed by atoms with Gasteiger partial charge in [-0.15, -0.1) is 0 Å². The maximum Gasteiger partial charge on any atom is 0.0543 e. The number of aliphatic hydroxyl groups is 1.